The van der Waals surface area contributed by atoms with E-state index in [0.717, 1.165) is 33.4 Å². The molecule has 1 aliphatic heterocycles. The van der Waals surface area contributed by atoms with Crippen molar-refractivity contribution in [1.82, 2.24) is 15.0 Å². The van der Waals surface area contributed by atoms with Crippen LogP contribution in [0.2, 0.25) is 0 Å². The Bertz CT molecular complexity index is 3460. The maximum atomic E-state index is 5.45. The molecule has 0 atom stereocenters. The van der Waals surface area contributed by atoms with E-state index in [1.54, 1.807) is 0 Å². The van der Waals surface area contributed by atoms with Crippen LogP contribution in [0.4, 0.5) is 0 Å². The van der Waals surface area contributed by atoms with Crippen LogP contribution in [0.5, 0.6) is 0 Å². The van der Waals surface area contributed by atoms with Crippen molar-refractivity contribution in [2.24, 2.45) is 0 Å². The molecule has 4 heteroatoms. The fourth-order valence-electron chi connectivity index (χ4n) is 9.89. The van der Waals surface area contributed by atoms with Crippen LogP contribution in [0.25, 0.3) is 89.1 Å². The standard InChI is InChI=1S/C59H39N3Si/c1-4-16-40(17-5-1)46-21-14-22-48(39-46)58-60-57(44-33-30-42(31-34-44)47-35-32-41-18-10-11-20-45(41)38-47)61-59(62-58)52-28-15-29-53-56(52)55-51-27-13-12-19-43(51)36-37-54(55)63(53,49-23-6-2-7-24-49)50-25-8-3-9-26-50/h1-39H. The highest BCUT2D eigenvalue weighted by Gasteiger charge is 2.50. The predicted molar refractivity (Wildman–Crippen MR) is 265 cm³/mol. The van der Waals surface area contributed by atoms with Crippen molar-refractivity contribution in [3.05, 3.63) is 237 Å². The quantitative estimate of drug-likeness (QED) is 0.150. The SMILES string of the molecule is c1ccc(-c2cccc(-c3nc(-c4ccc(-c5ccc6ccccc6c5)cc4)nc(-c4cccc5c4-c4c(ccc6ccccc46)[Si]5(c4ccccc4)c4ccccc4)n3)c2)cc1. The minimum atomic E-state index is -2.83. The molecular formula is C59H39N3Si. The number of hydrogen-bond donors (Lipinski definition) is 0. The van der Waals surface area contributed by atoms with E-state index in [4.69, 9.17) is 15.0 Å². The third kappa shape index (κ3) is 6.14. The molecule has 0 aliphatic carbocycles. The largest absolute Gasteiger partial charge is 0.208 e. The van der Waals surface area contributed by atoms with E-state index >= 15 is 0 Å². The Morgan fingerprint density at radius 2 is 0.762 bits per heavy atom. The van der Waals surface area contributed by atoms with Gasteiger partial charge in [-0.3, -0.25) is 0 Å². The zero-order chi connectivity index (χ0) is 41.7. The van der Waals surface area contributed by atoms with E-state index in [2.05, 4.69) is 237 Å². The highest BCUT2D eigenvalue weighted by Crippen LogP contribution is 2.40. The van der Waals surface area contributed by atoms with E-state index in [1.165, 1.54) is 59.0 Å². The summed E-state index contributed by atoms with van der Waals surface area (Å²) in [6.07, 6.45) is 0. The fraction of sp³-hybridized carbons (Fsp3) is 0. The lowest BCUT2D eigenvalue weighted by Crippen LogP contribution is -2.72. The van der Waals surface area contributed by atoms with Gasteiger partial charge in [0, 0.05) is 16.7 Å². The van der Waals surface area contributed by atoms with Crippen molar-refractivity contribution in [2.75, 3.05) is 0 Å². The number of nitrogens with zero attached hydrogens (tertiary/aromatic N) is 3. The molecule has 12 rings (SSSR count). The van der Waals surface area contributed by atoms with Crippen LogP contribution in [0.15, 0.2) is 237 Å². The first kappa shape index (κ1) is 36.8. The molecule has 0 N–H and O–H groups in total. The van der Waals surface area contributed by atoms with Crippen molar-refractivity contribution in [3.63, 3.8) is 0 Å². The van der Waals surface area contributed by atoms with Gasteiger partial charge >= 0.3 is 0 Å². The maximum absolute atomic E-state index is 5.45. The molecule has 0 amide bonds. The molecule has 63 heavy (non-hydrogen) atoms. The summed E-state index contributed by atoms with van der Waals surface area (Å²) in [6.45, 7) is 0. The summed E-state index contributed by atoms with van der Waals surface area (Å²) in [5.41, 5.74) is 9.91. The molecule has 294 valence electrons. The molecule has 10 aromatic carbocycles. The maximum Gasteiger partial charge on any atom is 0.180 e. The Morgan fingerprint density at radius 3 is 1.51 bits per heavy atom. The van der Waals surface area contributed by atoms with Crippen molar-refractivity contribution < 1.29 is 0 Å². The zero-order valence-corrected chi connectivity index (χ0v) is 35.4. The lowest BCUT2D eigenvalue weighted by atomic mass is 9.94. The van der Waals surface area contributed by atoms with Gasteiger partial charge in [0.25, 0.3) is 0 Å². The molecule has 1 aromatic heterocycles. The van der Waals surface area contributed by atoms with Gasteiger partial charge in [-0.1, -0.05) is 224 Å². The average molecular weight is 818 g/mol. The molecule has 0 unspecified atom stereocenters. The normalized spacial score (nSPS) is 12.6. The molecule has 0 bridgehead atoms. The Kier molecular flexibility index (Phi) is 8.84. The number of rotatable bonds is 7. The van der Waals surface area contributed by atoms with Gasteiger partial charge in [0.05, 0.1) is 0 Å². The van der Waals surface area contributed by atoms with E-state index in [-0.39, 0.29) is 0 Å². The monoisotopic (exact) mass is 817 g/mol. The topological polar surface area (TPSA) is 38.7 Å². The molecule has 3 nitrogen and oxygen atoms in total. The number of benzene rings is 10. The molecule has 0 radical (unpaired) electrons. The van der Waals surface area contributed by atoms with Gasteiger partial charge in [-0.25, -0.2) is 15.0 Å². The lowest BCUT2D eigenvalue weighted by Gasteiger charge is -2.31. The van der Waals surface area contributed by atoms with Crippen molar-refractivity contribution in [2.45, 2.75) is 0 Å². The van der Waals surface area contributed by atoms with Gasteiger partial charge in [0.1, 0.15) is 0 Å². The second-order valence-electron chi connectivity index (χ2n) is 16.3. The van der Waals surface area contributed by atoms with Gasteiger partial charge in [-0.2, -0.15) is 0 Å². The van der Waals surface area contributed by atoms with Crippen molar-refractivity contribution >= 4 is 50.4 Å². The van der Waals surface area contributed by atoms with Gasteiger partial charge in [0.2, 0.25) is 0 Å². The first-order valence-electron chi connectivity index (χ1n) is 21.5. The van der Waals surface area contributed by atoms with E-state index in [1.807, 2.05) is 0 Å². The molecule has 0 saturated heterocycles. The lowest BCUT2D eigenvalue weighted by molar-refractivity contribution is 1.07. The van der Waals surface area contributed by atoms with Crippen LogP contribution in [0, 0.1) is 0 Å². The highest BCUT2D eigenvalue weighted by atomic mass is 28.3. The van der Waals surface area contributed by atoms with E-state index in [0.29, 0.717) is 17.5 Å². The number of fused-ring (bicyclic) bond motifs is 6. The molecular weight excluding hydrogens is 779 g/mol. The van der Waals surface area contributed by atoms with Crippen LogP contribution in [-0.2, 0) is 0 Å². The fourth-order valence-corrected chi connectivity index (χ4v) is 15.1. The minimum Gasteiger partial charge on any atom is -0.208 e. The Balaban J connectivity index is 1.10. The molecule has 1 aliphatic rings. The Labute approximate surface area is 367 Å². The Morgan fingerprint density at radius 1 is 0.270 bits per heavy atom. The smallest absolute Gasteiger partial charge is 0.180 e. The predicted octanol–water partition coefficient (Wildman–Crippen LogP) is 11.9. The zero-order valence-electron chi connectivity index (χ0n) is 34.4. The van der Waals surface area contributed by atoms with E-state index < -0.39 is 8.07 Å². The molecule has 0 fully saturated rings. The molecule has 0 saturated carbocycles. The summed E-state index contributed by atoms with van der Waals surface area (Å²) in [5, 5.41) is 10.3. The second-order valence-corrected chi connectivity index (χ2v) is 20.0. The summed E-state index contributed by atoms with van der Waals surface area (Å²) in [4.78, 5) is 16.2. The van der Waals surface area contributed by atoms with Gasteiger partial charge < -0.3 is 0 Å². The number of hydrogen-bond acceptors (Lipinski definition) is 3. The van der Waals surface area contributed by atoms with Crippen molar-refractivity contribution in [1.29, 1.82) is 0 Å². The molecule has 2 heterocycles. The minimum absolute atomic E-state index is 0.633. The average Bonchev–Trinajstić information content (AvgIpc) is 3.69. The Hall–Kier alpha value is -8.05. The summed E-state index contributed by atoms with van der Waals surface area (Å²) in [6, 6.07) is 85.5. The first-order valence-corrected chi connectivity index (χ1v) is 23.5. The van der Waals surface area contributed by atoms with Gasteiger partial charge in [-0.05, 0) is 87.8 Å². The summed E-state index contributed by atoms with van der Waals surface area (Å²) in [5.74, 6) is 1.92. The number of aromatic nitrogens is 3. The molecule has 11 aromatic rings. The van der Waals surface area contributed by atoms with Crippen LogP contribution < -0.4 is 20.7 Å². The first-order chi connectivity index (χ1) is 31.2. The third-order valence-electron chi connectivity index (χ3n) is 12.8. The summed E-state index contributed by atoms with van der Waals surface area (Å²) in [7, 11) is -2.83. The van der Waals surface area contributed by atoms with E-state index in [9.17, 15) is 0 Å². The van der Waals surface area contributed by atoms with Crippen LogP contribution in [0.1, 0.15) is 0 Å². The highest BCUT2D eigenvalue weighted by molar-refractivity contribution is 7.22. The van der Waals surface area contributed by atoms with Crippen molar-refractivity contribution in [3.8, 4) is 67.5 Å². The van der Waals surface area contributed by atoms with Crippen LogP contribution in [0.3, 0.4) is 0 Å². The molecule has 0 spiro atoms. The third-order valence-corrected chi connectivity index (χ3v) is 17.6. The summed E-state index contributed by atoms with van der Waals surface area (Å²) >= 11 is 0. The van der Waals surface area contributed by atoms with Crippen LogP contribution in [-0.4, -0.2) is 23.0 Å². The van der Waals surface area contributed by atoms with Gasteiger partial charge in [-0.15, -0.1) is 0 Å². The van der Waals surface area contributed by atoms with Gasteiger partial charge in [0.15, 0.2) is 25.5 Å². The summed E-state index contributed by atoms with van der Waals surface area (Å²) < 4.78 is 0. The van der Waals surface area contributed by atoms with Crippen LogP contribution >= 0.6 is 0 Å². The second kappa shape index (κ2) is 15.1.